The molecule has 0 aliphatic carbocycles. The molecule has 5 aromatic rings. The molecule has 0 spiro atoms. The van der Waals surface area contributed by atoms with Crippen LogP contribution >= 0.6 is 27.5 Å². The minimum absolute atomic E-state index is 0.0297. The van der Waals surface area contributed by atoms with E-state index in [-0.39, 0.29) is 10.8 Å². The van der Waals surface area contributed by atoms with E-state index in [0.29, 0.717) is 36.0 Å². The van der Waals surface area contributed by atoms with Gasteiger partial charge in [-0.1, -0.05) is 55.3 Å². The third-order valence-corrected chi connectivity index (χ3v) is 7.40. The Balaban J connectivity index is 1.51. The number of nitrogens with one attached hydrogen (secondary N) is 1. The molecule has 0 saturated carbocycles. The van der Waals surface area contributed by atoms with Crippen LogP contribution in [0.2, 0.25) is 5.15 Å². The number of rotatable bonds is 10. The van der Waals surface area contributed by atoms with E-state index in [0.717, 1.165) is 39.4 Å². The summed E-state index contributed by atoms with van der Waals surface area (Å²) in [5.41, 5.74) is 3.21. The van der Waals surface area contributed by atoms with Gasteiger partial charge in [-0.05, 0) is 45.3 Å². The summed E-state index contributed by atoms with van der Waals surface area (Å²) in [6.07, 6.45) is 1.35. The number of aryl methyl sites for hydroxylation is 1. The van der Waals surface area contributed by atoms with Gasteiger partial charge < -0.3 is 18.5 Å². The normalized spacial score (nSPS) is 12.0. The first-order valence-electron chi connectivity index (χ1n) is 12.9. The van der Waals surface area contributed by atoms with Crippen LogP contribution in [0.3, 0.4) is 0 Å². The molecule has 0 saturated heterocycles. The fraction of sp³-hybridized carbons (Fsp3) is 0.286. The van der Waals surface area contributed by atoms with Gasteiger partial charge in [0.05, 0.1) is 4.47 Å². The van der Waals surface area contributed by atoms with E-state index in [9.17, 15) is 9.59 Å². The molecule has 5 rings (SSSR count). The summed E-state index contributed by atoms with van der Waals surface area (Å²) in [6, 6.07) is 13.4. The molecule has 41 heavy (non-hydrogen) atoms. The number of H-pyrrole nitrogens is 1. The van der Waals surface area contributed by atoms with Crippen molar-refractivity contribution in [2.24, 2.45) is 0 Å². The topological polar surface area (TPSA) is 138 Å². The Morgan fingerprint density at radius 2 is 1.95 bits per heavy atom. The zero-order valence-corrected chi connectivity index (χ0v) is 24.8. The number of halogens is 2. The number of aromatic nitrogens is 6. The molecule has 0 bridgehead atoms. The number of nitrogens with zero attached hydrogens (tertiary/aromatic N) is 5. The maximum Gasteiger partial charge on any atom is 0.361 e. The first kappa shape index (κ1) is 28.5. The van der Waals surface area contributed by atoms with Crippen molar-refractivity contribution in [3.05, 3.63) is 69.2 Å². The van der Waals surface area contributed by atoms with Crippen LogP contribution in [0.1, 0.15) is 55.5 Å². The van der Waals surface area contributed by atoms with Crippen molar-refractivity contribution in [2.45, 2.75) is 52.9 Å². The Morgan fingerprint density at radius 3 is 2.66 bits per heavy atom. The molecule has 2 aromatic carbocycles. The summed E-state index contributed by atoms with van der Waals surface area (Å²) in [7, 11) is 0. The number of hydrogen-bond donors (Lipinski definition) is 1. The number of ether oxygens (including phenoxy) is 2. The lowest BCUT2D eigenvalue weighted by Crippen LogP contribution is -2.23. The standard InChI is InChI=1S/C28H26BrClN6O5/c1-4-5-10-22-31-26(30)24(28(38)40-16(3)39-15(2)37)36(22)14-17-11-12-21-20(13-17)23(29)25(41-21)18-8-6-7-9-19(18)27-32-34-35-33-27/h6-9,11-13,16H,4-5,10,14H2,1-3H3,(H,32,33,34,35). The van der Waals surface area contributed by atoms with Crippen LogP contribution in [-0.4, -0.2) is 48.4 Å². The van der Waals surface area contributed by atoms with Crippen LogP contribution in [0.25, 0.3) is 33.7 Å². The number of benzene rings is 2. The number of hydrogen-bond acceptors (Lipinski definition) is 9. The van der Waals surface area contributed by atoms with Gasteiger partial charge >= 0.3 is 11.9 Å². The minimum atomic E-state index is -1.08. The molecule has 0 fully saturated rings. The second-order valence-electron chi connectivity index (χ2n) is 9.30. The number of fused-ring (bicyclic) bond motifs is 1. The Labute approximate surface area is 248 Å². The Bertz CT molecular complexity index is 1710. The number of aromatic amines is 1. The van der Waals surface area contributed by atoms with Crippen LogP contribution in [0.4, 0.5) is 0 Å². The molecule has 13 heteroatoms. The lowest BCUT2D eigenvalue weighted by molar-refractivity contribution is -0.162. The van der Waals surface area contributed by atoms with Crippen molar-refractivity contribution in [1.82, 2.24) is 30.2 Å². The number of imidazole rings is 1. The molecule has 212 valence electrons. The number of unbranched alkanes of at least 4 members (excludes halogenated alkanes) is 1. The zero-order chi connectivity index (χ0) is 29.1. The van der Waals surface area contributed by atoms with Gasteiger partial charge in [-0.25, -0.2) is 9.78 Å². The average molecular weight is 642 g/mol. The molecule has 3 heterocycles. The molecule has 1 atom stereocenters. The van der Waals surface area contributed by atoms with Crippen LogP contribution in [0, 0.1) is 0 Å². The summed E-state index contributed by atoms with van der Waals surface area (Å²) in [4.78, 5) is 28.9. The molecule has 3 aromatic heterocycles. The van der Waals surface area contributed by atoms with E-state index < -0.39 is 18.2 Å². The van der Waals surface area contributed by atoms with Gasteiger partial charge in [-0.15, -0.1) is 10.2 Å². The van der Waals surface area contributed by atoms with Crippen molar-refractivity contribution >= 4 is 50.4 Å². The van der Waals surface area contributed by atoms with E-state index in [1.165, 1.54) is 13.8 Å². The van der Waals surface area contributed by atoms with Crippen LogP contribution in [0.15, 0.2) is 51.4 Å². The SMILES string of the molecule is CCCCc1nc(Cl)c(C(=O)OC(C)OC(C)=O)n1Cc1ccc2oc(-c3ccccc3-c3nn[nH]n3)c(Br)c2c1. The number of furan rings is 1. The van der Waals surface area contributed by atoms with Gasteiger partial charge in [0, 0.05) is 43.3 Å². The molecule has 0 aliphatic heterocycles. The van der Waals surface area contributed by atoms with E-state index in [1.54, 1.807) is 4.57 Å². The fourth-order valence-electron chi connectivity index (χ4n) is 4.54. The molecule has 1 N–H and O–H groups in total. The van der Waals surface area contributed by atoms with Crippen molar-refractivity contribution in [3.63, 3.8) is 0 Å². The van der Waals surface area contributed by atoms with Crippen molar-refractivity contribution in [2.75, 3.05) is 0 Å². The smallest absolute Gasteiger partial charge is 0.361 e. The van der Waals surface area contributed by atoms with E-state index >= 15 is 0 Å². The summed E-state index contributed by atoms with van der Waals surface area (Å²) in [6.45, 7) is 5.08. The lowest BCUT2D eigenvalue weighted by atomic mass is 10.0. The predicted octanol–water partition coefficient (Wildman–Crippen LogP) is 6.35. The molecule has 1 unspecified atom stereocenters. The summed E-state index contributed by atoms with van der Waals surface area (Å²) < 4.78 is 19.1. The molecular formula is C28H26BrClN6O5. The quantitative estimate of drug-likeness (QED) is 0.137. The van der Waals surface area contributed by atoms with Crippen LogP contribution < -0.4 is 0 Å². The van der Waals surface area contributed by atoms with E-state index in [1.807, 2.05) is 42.5 Å². The van der Waals surface area contributed by atoms with Crippen LogP contribution in [-0.2, 0) is 27.2 Å². The molecule has 0 radical (unpaired) electrons. The van der Waals surface area contributed by atoms with E-state index in [4.69, 9.17) is 25.5 Å². The van der Waals surface area contributed by atoms with Gasteiger partial charge in [0.2, 0.25) is 12.1 Å². The highest BCUT2D eigenvalue weighted by Gasteiger charge is 2.26. The summed E-state index contributed by atoms with van der Waals surface area (Å²) in [5, 5.41) is 15.3. The second kappa shape index (κ2) is 12.2. The lowest BCUT2D eigenvalue weighted by Gasteiger charge is -2.15. The first-order valence-corrected chi connectivity index (χ1v) is 14.1. The third kappa shape index (κ3) is 6.03. The number of tetrazole rings is 1. The van der Waals surface area contributed by atoms with Gasteiger partial charge in [0.15, 0.2) is 10.8 Å². The Hall–Kier alpha value is -4.03. The molecular weight excluding hydrogens is 616 g/mol. The van der Waals surface area contributed by atoms with Gasteiger partial charge in [-0.3, -0.25) is 4.79 Å². The average Bonchev–Trinajstić information content (AvgIpc) is 3.65. The van der Waals surface area contributed by atoms with Gasteiger partial charge in [0.1, 0.15) is 17.2 Å². The highest BCUT2D eigenvalue weighted by atomic mass is 79.9. The van der Waals surface area contributed by atoms with Gasteiger partial charge in [-0.2, -0.15) is 5.21 Å². The fourth-order valence-corrected chi connectivity index (χ4v) is 5.42. The van der Waals surface area contributed by atoms with Crippen molar-refractivity contribution in [1.29, 1.82) is 0 Å². The van der Waals surface area contributed by atoms with Crippen molar-refractivity contribution < 1.29 is 23.5 Å². The predicted molar refractivity (Wildman–Crippen MR) is 154 cm³/mol. The summed E-state index contributed by atoms with van der Waals surface area (Å²) >= 11 is 10.2. The number of esters is 2. The number of carbonyl (C=O) groups is 2. The monoisotopic (exact) mass is 640 g/mol. The number of carbonyl (C=O) groups excluding carboxylic acids is 2. The highest BCUT2D eigenvalue weighted by Crippen LogP contribution is 2.41. The molecule has 11 nitrogen and oxygen atoms in total. The highest BCUT2D eigenvalue weighted by molar-refractivity contribution is 9.10. The first-order chi connectivity index (χ1) is 19.8. The van der Waals surface area contributed by atoms with E-state index in [2.05, 4.69) is 48.5 Å². The second-order valence-corrected chi connectivity index (χ2v) is 10.4. The molecule has 0 aliphatic rings. The summed E-state index contributed by atoms with van der Waals surface area (Å²) in [5.74, 6) is 0.435. The minimum Gasteiger partial charge on any atom is -0.455 e. The van der Waals surface area contributed by atoms with Crippen LogP contribution in [0.5, 0.6) is 0 Å². The zero-order valence-electron chi connectivity index (χ0n) is 22.5. The Morgan fingerprint density at radius 1 is 1.17 bits per heavy atom. The largest absolute Gasteiger partial charge is 0.455 e. The van der Waals surface area contributed by atoms with Crippen molar-refractivity contribution in [3.8, 4) is 22.7 Å². The third-order valence-electron chi connectivity index (χ3n) is 6.35. The van der Waals surface area contributed by atoms with Gasteiger partial charge in [0.25, 0.3) is 0 Å². The Kier molecular flexibility index (Phi) is 8.50. The molecule has 0 amide bonds. The maximum atomic E-state index is 13.1. The maximum absolute atomic E-state index is 13.1.